The van der Waals surface area contributed by atoms with Crippen molar-refractivity contribution in [2.75, 3.05) is 20.0 Å². The average molecular weight is 501 g/mol. The lowest BCUT2D eigenvalue weighted by Gasteiger charge is -2.12. The molecule has 6 nitrogen and oxygen atoms in total. The highest BCUT2D eigenvalue weighted by Gasteiger charge is 2.16. The van der Waals surface area contributed by atoms with Crippen LogP contribution in [0.1, 0.15) is 17.0 Å². The molecule has 9 heteroatoms. The minimum Gasteiger partial charge on any atom is -0.497 e. The Balaban J connectivity index is 1.71. The number of rotatable bonds is 8. The lowest BCUT2D eigenvalue weighted by atomic mass is 10.1. The molecule has 0 spiro atoms. The third kappa shape index (κ3) is 5.55. The summed E-state index contributed by atoms with van der Waals surface area (Å²) in [6, 6.07) is 13.0. The smallest absolute Gasteiger partial charge is 0.180 e. The van der Waals surface area contributed by atoms with Gasteiger partial charge in [-0.25, -0.2) is 15.0 Å². The van der Waals surface area contributed by atoms with E-state index in [0.717, 1.165) is 41.1 Å². The fraction of sp³-hybridized carbons (Fsp3) is 0.208. The number of ether oxygens (including phenoxy) is 2. The van der Waals surface area contributed by atoms with Crippen LogP contribution in [0.25, 0.3) is 22.6 Å². The Morgan fingerprint density at radius 1 is 0.909 bits per heavy atom. The van der Waals surface area contributed by atoms with E-state index in [4.69, 9.17) is 48.4 Å². The first-order chi connectivity index (χ1) is 16.0. The van der Waals surface area contributed by atoms with Crippen LogP contribution < -0.4 is 15.2 Å². The number of halogens is 2. The second-order valence-electron chi connectivity index (χ2n) is 7.28. The third-order valence-electron chi connectivity index (χ3n) is 5.06. The minimum atomic E-state index is 0.463. The monoisotopic (exact) mass is 500 g/mol. The van der Waals surface area contributed by atoms with Gasteiger partial charge < -0.3 is 15.2 Å². The van der Waals surface area contributed by atoms with Crippen LogP contribution in [-0.4, -0.2) is 29.2 Å². The molecule has 2 aromatic heterocycles. The topological polar surface area (TPSA) is 83.2 Å². The second-order valence-corrected chi connectivity index (χ2v) is 9.24. The van der Waals surface area contributed by atoms with Crippen LogP contribution in [-0.2, 0) is 12.8 Å². The summed E-state index contributed by atoms with van der Waals surface area (Å²) >= 11 is 14.6. The Morgan fingerprint density at radius 3 is 2.21 bits per heavy atom. The predicted molar refractivity (Wildman–Crippen MR) is 135 cm³/mol. The summed E-state index contributed by atoms with van der Waals surface area (Å²) in [6.45, 7) is 0. The van der Waals surface area contributed by atoms with E-state index in [0.29, 0.717) is 38.0 Å². The normalized spacial score (nSPS) is 10.9. The van der Waals surface area contributed by atoms with Gasteiger partial charge in [0.1, 0.15) is 11.5 Å². The number of nitrogens with two attached hydrogens (primary N) is 1. The maximum absolute atomic E-state index is 6.57. The average Bonchev–Trinajstić information content (AvgIpc) is 3.23. The lowest BCUT2D eigenvalue weighted by molar-refractivity contribution is 0.415. The van der Waals surface area contributed by atoms with Crippen molar-refractivity contribution in [3.05, 3.63) is 69.3 Å². The fourth-order valence-electron chi connectivity index (χ4n) is 3.42. The van der Waals surface area contributed by atoms with Gasteiger partial charge in [-0.1, -0.05) is 23.2 Å². The number of nitrogens with zero attached hydrogens (tertiary/aromatic N) is 3. The predicted octanol–water partition coefficient (Wildman–Crippen LogP) is 6.35. The van der Waals surface area contributed by atoms with Crippen molar-refractivity contribution in [3.63, 3.8) is 0 Å². The summed E-state index contributed by atoms with van der Waals surface area (Å²) in [4.78, 5) is 14.9. The molecular formula is C24H22Cl2N4O2S. The van der Waals surface area contributed by atoms with Gasteiger partial charge in [0, 0.05) is 27.9 Å². The Kier molecular flexibility index (Phi) is 7.33. The highest BCUT2D eigenvalue weighted by Crippen LogP contribution is 2.38. The summed E-state index contributed by atoms with van der Waals surface area (Å²) < 4.78 is 10.5. The second kappa shape index (κ2) is 10.4. The van der Waals surface area contributed by atoms with Gasteiger partial charge in [0.05, 0.1) is 30.0 Å². The number of benzene rings is 2. The summed E-state index contributed by atoms with van der Waals surface area (Å²) in [5.41, 5.74) is 8.81. The lowest BCUT2D eigenvalue weighted by Crippen LogP contribution is -2.00. The molecule has 0 aliphatic heterocycles. The highest BCUT2D eigenvalue weighted by atomic mass is 35.5. The van der Waals surface area contributed by atoms with Crippen LogP contribution in [0.15, 0.2) is 48.7 Å². The van der Waals surface area contributed by atoms with E-state index in [-0.39, 0.29) is 0 Å². The van der Waals surface area contributed by atoms with Gasteiger partial charge in [-0.05, 0) is 61.7 Å². The summed E-state index contributed by atoms with van der Waals surface area (Å²) in [5.74, 6) is 1.94. The van der Waals surface area contributed by atoms with E-state index in [1.165, 1.54) is 11.3 Å². The molecule has 4 rings (SSSR count). The Bertz CT molecular complexity index is 1240. The molecule has 2 aromatic carbocycles. The van der Waals surface area contributed by atoms with Crippen LogP contribution in [0.3, 0.4) is 0 Å². The van der Waals surface area contributed by atoms with Gasteiger partial charge in [0.25, 0.3) is 0 Å². The summed E-state index contributed by atoms with van der Waals surface area (Å²) in [5, 5.41) is 1.51. The van der Waals surface area contributed by atoms with Crippen LogP contribution in [0.4, 0.5) is 5.13 Å². The van der Waals surface area contributed by atoms with E-state index in [2.05, 4.69) is 4.98 Å². The minimum absolute atomic E-state index is 0.463. The number of nitrogen functional groups attached to an aromatic ring is 1. The molecule has 0 atom stereocenters. The van der Waals surface area contributed by atoms with Gasteiger partial charge in [-0.2, -0.15) is 0 Å². The molecule has 0 aliphatic carbocycles. The Hall–Kier alpha value is -2.87. The van der Waals surface area contributed by atoms with Crippen molar-refractivity contribution >= 4 is 39.7 Å². The molecule has 0 bridgehead atoms. The molecule has 0 amide bonds. The zero-order valence-electron chi connectivity index (χ0n) is 18.1. The first-order valence-electron chi connectivity index (χ1n) is 10.2. The number of thiazole rings is 1. The number of hydrogen-bond acceptors (Lipinski definition) is 7. The number of methoxy groups -OCH3 is 2. The van der Waals surface area contributed by atoms with Crippen LogP contribution in [0, 0.1) is 0 Å². The van der Waals surface area contributed by atoms with Crippen molar-refractivity contribution in [2.24, 2.45) is 0 Å². The molecule has 0 saturated heterocycles. The molecule has 0 fully saturated rings. The standard InChI is InChI=1S/C24H22Cl2N4O2S/c1-31-16-8-6-14(7-9-16)23-29-15(4-3-5-18-13-28-24(27)33-18)10-21(30-23)22-19(25)11-17(32-2)12-20(22)26/h6-13H,3-5H2,1-2H3,(H2,27,28). The molecule has 4 aromatic rings. The Labute approximate surface area is 206 Å². The fourth-order valence-corrected chi connectivity index (χ4v) is 4.80. The highest BCUT2D eigenvalue weighted by molar-refractivity contribution is 7.15. The molecule has 33 heavy (non-hydrogen) atoms. The molecule has 0 radical (unpaired) electrons. The molecule has 0 saturated carbocycles. The molecule has 170 valence electrons. The maximum atomic E-state index is 6.57. The largest absolute Gasteiger partial charge is 0.497 e. The maximum Gasteiger partial charge on any atom is 0.180 e. The van der Waals surface area contributed by atoms with Gasteiger partial charge in [-0.15, -0.1) is 11.3 Å². The first-order valence-corrected chi connectivity index (χ1v) is 11.8. The van der Waals surface area contributed by atoms with Gasteiger partial charge in [-0.3, -0.25) is 0 Å². The third-order valence-corrected chi connectivity index (χ3v) is 6.54. The summed E-state index contributed by atoms with van der Waals surface area (Å²) in [7, 11) is 3.21. The van der Waals surface area contributed by atoms with Crippen LogP contribution in [0.5, 0.6) is 11.5 Å². The van der Waals surface area contributed by atoms with Crippen molar-refractivity contribution in [3.8, 4) is 34.1 Å². The zero-order valence-corrected chi connectivity index (χ0v) is 20.5. The number of aromatic nitrogens is 3. The van der Waals surface area contributed by atoms with E-state index in [9.17, 15) is 0 Å². The van der Waals surface area contributed by atoms with Gasteiger partial charge >= 0.3 is 0 Å². The van der Waals surface area contributed by atoms with E-state index in [1.54, 1.807) is 26.4 Å². The van der Waals surface area contributed by atoms with Crippen molar-refractivity contribution in [2.45, 2.75) is 19.3 Å². The molecule has 0 aliphatic rings. The van der Waals surface area contributed by atoms with E-state index in [1.807, 2.05) is 36.5 Å². The van der Waals surface area contributed by atoms with E-state index < -0.39 is 0 Å². The quantitative estimate of drug-likeness (QED) is 0.303. The molecule has 2 N–H and O–H groups in total. The van der Waals surface area contributed by atoms with E-state index >= 15 is 0 Å². The number of anilines is 1. The SMILES string of the molecule is COc1ccc(-c2nc(CCCc3cnc(N)s3)cc(-c3c(Cl)cc(OC)cc3Cl)n2)cc1. The molecule has 2 heterocycles. The van der Waals surface area contributed by atoms with Crippen molar-refractivity contribution in [1.82, 2.24) is 15.0 Å². The van der Waals surface area contributed by atoms with Gasteiger partial charge in [0.2, 0.25) is 0 Å². The number of hydrogen-bond donors (Lipinski definition) is 1. The van der Waals surface area contributed by atoms with Crippen LogP contribution >= 0.6 is 34.5 Å². The molecule has 0 unspecified atom stereocenters. The summed E-state index contributed by atoms with van der Waals surface area (Å²) in [6.07, 6.45) is 4.34. The number of aryl methyl sites for hydroxylation is 2. The zero-order chi connectivity index (χ0) is 23.4. The molecular weight excluding hydrogens is 479 g/mol. The van der Waals surface area contributed by atoms with Gasteiger partial charge in [0.15, 0.2) is 11.0 Å². The first kappa shape index (κ1) is 23.3. The Morgan fingerprint density at radius 2 is 1.61 bits per heavy atom. The van der Waals surface area contributed by atoms with Crippen molar-refractivity contribution < 1.29 is 9.47 Å². The van der Waals surface area contributed by atoms with Crippen LogP contribution in [0.2, 0.25) is 10.0 Å². The van der Waals surface area contributed by atoms with Crippen molar-refractivity contribution in [1.29, 1.82) is 0 Å².